The molecule has 0 atom stereocenters. The maximum atomic E-state index is 2.73. The maximum absolute atomic E-state index is 2.73. The van der Waals surface area contributed by atoms with E-state index >= 15 is 0 Å². The van der Waals surface area contributed by atoms with E-state index in [-0.39, 0.29) is 12.1 Å². The molecule has 0 saturated carbocycles. The standard InChI is InChI=1S/C112H78BN3S/c1-112(2,3)91-70-106-109-108(71-91)117-111-100(68-90(88-60-86(77-39-21-8-22-40-77)59-87(61-88)78-41-23-9-24-42-78)69-107(111)115-103-57-51-84(75-35-17-6-18-36-75)64-97(103)98-65-85(52-58-104(98)115)76-37-19-7-20-38-76)113(109)99-54-53-92(114-101-55-49-82(73-31-13-4-14-32-73)62-95(101)96-63-83(50-56-102(96)114)74-33-15-5-16-34-74)72-105(99)116(106)110-93(80-45-27-11-28-46-80)66-89(79-43-25-10-26-44-79)67-94(110)81-47-29-12-30-48-81/h4-72H,1-3H3. The molecule has 5 heteroatoms. The van der Waals surface area contributed by atoms with E-state index in [1.54, 1.807) is 0 Å². The number of benzene rings is 18. The molecule has 550 valence electrons. The first-order chi connectivity index (χ1) is 57.6. The molecule has 20 aromatic rings. The van der Waals surface area contributed by atoms with Gasteiger partial charge in [-0.15, -0.1) is 0 Å². The predicted molar refractivity (Wildman–Crippen MR) is 498 cm³/mol. The number of aromatic nitrogens is 2. The number of nitrogens with zero attached hydrogens (tertiary/aromatic N) is 3. The van der Waals surface area contributed by atoms with Gasteiger partial charge in [0, 0.05) is 59.5 Å². The molecule has 0 spiro atoms. The Balaban J connectivity index is 0.880. The van der Waals surface area contributed by atoms with Gasteiger partial charge in [-0.1, -0.05) is 347 Å². The van der Waals surface area contributed by atoms with Crippen LogP contribution in [0.1, 0.15) is 26.3 Å². The zero-order valence-corrected chi connectivity index (χ0v) is 66.0. The first-order valence-electron chi connectivity index (χ1n) is 40.6. The average Bonchev–Trinajstić information content (AvgIpc) is 1.50. The highest BCUT2D eigenvalue weighted by atomic mass is 32.2. The molecule has 3 nitrogen and oxygen atoms in total. The van der Waals surface area contributed by atoms with Crippen LogP contribution in [0.2, 0.25) is 0 Å². The van der Waals surface area contributed by atoms with Gasteiger partial charge in [0.2, 0.25) is 6.71 Å². The van der Waals surface area contributed by atoms with E-state index in [1.807, 2.05) is 11.8 Å². The smallest absolute Gasteiger partial charge is 0.249 e. The van der Waals surface area contributed by atoms with Gasteiger partial charge in [0.15, 0.2) is 0 Å². The fraction of sp³-hybridized carbons (Fsp3) is 0.0357. The van der Waals surface area contributed by atoms with E-state index in [2.05, 4.69) is 453 Å². The van der Waals surface area contributed by atoms with Crippen LogP contribution in [0.5, 0.6) is 0 Å². The third-order valence-electron chi connectivity index (χ3n) is 24.3. The third kappa shape index (κ3) is 12.1. The van der Waals surface area contributed by atoms with E-state index < -0.39 is 0 Å². The van der Waals surface area contributed by atoms with Crippen molar-refractivity contribution in [2.75, 3.05) is 4.90 Å². The summed E-state index contributed by atoms with van der Waals surface area (Å²) < 4.78 is 5.18. The number of rotatable bonds is 13. The van der Waals surface area contributed by atoms with Crippen molar-refractivity contribution in [2.45, 2.75) is 36.0 Å². The molecule has 0 aliphatic carbocycles. The van der Waals surface area contributed by atoms with Gasteiger partial charge in [0.1, 0.15) is 0 Å². The second-order valence-corrected chi connectivity index (χ2v) is 33.3. The summed E-state index contributed by atoms with van der Waals surface area (Å²) in [6, 6.07) is 157. The van der Waals surface area contributed by atoms with Gasteiger partial charge >= 0.3 is 0 Å². The lowest BCUT2D eigenvalue weighted by Gasteiger charge is -2.43. The Morgan fingerprint density at radius 1 is 0.239 bits per heavy atom. The molecule has 2 aliphatic heterocycles. The summed E-state index contributed by atoms with van der Waals surface area (Å²) in [7, 11) is 0. The van der Waals surface area contributed by atoms with Crippen LogP contribution in [-0.2, 0) is 5.41 Å². The largest absolute Gasteiger partial charge is 0.310 e. The van der Waals surface area contributed by atoms with Gasteiger partial charge in [-0.05, 0) is 231 Å². The van der Waals surface area contributed by atoms with Crippen LogP contribution in [0.15, 0.2) is 428 Å². The minimum Gasteiger partial charge on any atom is -0.310 e. The van der Waals surface area contributed by atoms with Crippen molar-refractivity contribution >= 4 is 95.5 Å². The predicted octanol–water partition coefficient (Wildman–Crippen LogP) is 28.6. The Labute approximate surface area is 687 Å². The van der Waals surface area contributed by atoms with Crippen LogP contribution in [0, 0.1) is 0 Å². The molecule has 0 unspecified atom stereocenters. The molecule has 0 saturated heterocycles. The molecular weight excluding hydrogens is 1430 g/mol. The summed E-state index contributed by atoms with van der Waals surface area (Å²) in [4.78, 5) is 5.20. The molecule has 18 aromatic carbocycles. The van der Waals surface area contributed by atoms with E-state index in [0.29, 0.717) is 0 Å². The number of hydrogen-bond donors (Lipinski definition) is 0. The molecule has 0 amide bonds. The quantitative estimate of drug-likeness (QED) is 0.107. The van der Waals surface area contributed by atoms with E-state index in [4.69, 9.17) is 0 Å². The van der Waals surface area contributed by atoms with Crippen LogP contribution in [0.25, 0.3) is 166 Å². The molecule has 0 N–H and O–H groups in total. The monoisotopic (exact) mass is 1510 g/mol. The summed E-state index contributed by atoms with van der Waals surface area (Å²) in [6.07, 6.45) is 0. The number of hydrogen-bond acceptors (Lipinski definition) is 2. The van der Waals surface area contributed by atoms with Crippen molar-refractivity contribution < 1.29 is 0 Å². The Morgan fingerprint density at radius 3 is 0.949 bits per heavy atom. The van der Waals surface area contributed by atoms with Crippen molar-refractivity contribution in [3.05, 3.63) is 424 Å². The number of fused-ring (bicyclic) bond motifs is 10. The molecule has 22 rings (SSSR count). The summed E-state index contributed by atoms with van der Waals surface area (Å²) in [5.74, 6) is 0. The zero-order valence-electron chi connectivity index (χ0n) is 65.2. The van der Waals surface area contributed by atoms with Crippen LogP contribution >= 0.6 is 11.8 Å². The van der Waals surface area contributed by atoms with Gasteiger partial charge in [-0.2, -0.15) is 0 Å². The zero-order chi connectivity index (χ0) is 77.8. The van der Waals surface area contributed by atoms with Crippen molar-refractivity contribution in [1.82, 2.24) is 9.13 Å². The van der Waals surface area contributed by atoms with Crippen molar-refractivity contribution in [3.8, 4) is 123 Å². The Kier molecular flexibility index (Phi) is 16.9. The summed E-state index contributed by atoms with van der Waals surface area (Å²) >= 11 is 1.95. The molecule has 117 heavy (non-hydrogen) atoms. The summed E-state index contributed by atoms with van der Waals surface area (Å²) in [5.41, 5.74) is 38.1. The first kappa shape index (κ1) is 69.5. The highest BCUT2D eigenvalue weighted by molar-refractivity contribution is 8.00. The van der Waals surface area contributed by atoms with Crippen molar-refractivity contribution in [3.63, 3.8) is 0 Å². The van der Waals surface area contributed by atoms with Crippen LogP contribution in [-0.4, -0.2) is 15.8 Å². The highest BCUT2D eigenvalue weighted by Crippen LogP contribution is 2.54. The van der Waals surface area contributed by atoms with Gasteiger partial charge in [0.25, 0.3) is 0 Å². The van der Waals surface area contributed by atoms with Crippen molar-refractivity contribution in [1.29, 1.82) is 0 Å². The lowest BCUT2D eigenvalue weighted by Crippen LogP contribution is -2.60. The van der Waals surface area contributed by atoms with Crippen LogP contribution in [0.4, 0.5) is 17.1 Å². The molecular formula is C112H78BN3S. The van der Waals surface area contributed by atoms with Crippen LogP contribution in [0.3, 0.4) is 0 Å². The second kappa shape index (κ2) is 28.4. The van der Waals surface area contributed by atoms with Crippen molar-refractivity contribution in [2.24, 2.45) is 0 Å². The molecule has 0 bridgehead atoms. The van der Waals surface area contributed by atoms with Gasteiger partial charge in [-0.25, -0.2) is 0 Å². The maximum Gasteiger partial charge on any atom is 0.249 e. The third-order valence-corrected chi connectivity index (χ3v) is 25.5. The summed E-state index contributed by atoms with van der Waals surface area (Å²) in [6.45, 7) is 6.90. The normalized spacial score (nSPS) is 12.3. The Hall–Kier alpha value is -14.2. The van der Waals surface area contributed by atoms with Gasteiger partial charge in [-0.3, -0.25) is 0 Å². The molecule has 2 aromatic heterocycles. The average molecular weight is 1510 g/mol. The first-order valence-corrected chi connectivity index (χ1v) is 41.4. The Morgan fingerprint density at radius 2 is 0.573 bits per heavy atom. The topological polar surface area (TPSA) is 13.1 Å². The second-order valence-electron chi connectivity index (χ2n) is 32.3. The SMILES string of the molecule is CC(C)(C)c1cc2c3c(c1)N(c1c(-c4ccccc4)cc(-c4ccccc4)cc1-c1ccccc1)c1cc(-n4c5ccc(-c6ccccc6)cc5c5cc(-c6ccccc6)ccc54)ccc1B3c1cc(-c3cc(-c4ccccc4)cc(-c4ccccc4)c3)cc(-n3c4ccc(-c5ccccc5)cc4c4cc(-c5ccccc5)ccc43)c1S2. The van der Waals surface area contributed by atoms with Gasteiger partial charge < -0.3 is 14.0 Å². The summed E-state index contributed by atoms with van der Waals surface area (Å²) in [5, 5.41) is 4.79. The minimum atomic E-state index is -0.288. The fourth-order valence-corrected chi connectivity index (χ4v) is 19.8. The molecule has 2 aliphatic rings. The number of anilines is 3. The van der Waals surface area contributed by atoms with Crippen LogP contribution < -0.4 is 21.3 Å². The lowest BCUT2D eigenvalue weighted by molar-refractivity contribution is 0.589. The van der Waals surface area contributed by atoms with E-state index in [0.717, 1.165) is 106 Å². The molecule has 0 fully saturated rings. The lowest BCUT2D eigenvalue weighted by atomic mass is 9.34. The highest BCUT2D eigenvalue weighted by Gasteiger charge is 2.45. The molecule has 4 heterocycles. The van der Waals surface area contributed by atoms with E-state index in [1.165, 1.54) is 109 Å². The Bertz CT molecular complexity index is 6950. The fourth-order valence-electron chi connectivity index (χ4n) is 18.5. The van der Waals surface area contributed by atoms with E-state index in [9.17, 15) is 0 Å². The van der Waals surface area contributed by atoms with Gasteiger partial charge in [0.05, 0.1) is 33.4 Å². The molecule has 0 radical (unpaired) electrons. The minimum absolute atomic E-state index is 0.281.